The van der Waals surface area contributed by atoms with E-state index in [2.05, 4.69) is 146 Å². The molecule has 238 valence electrons. The Kier molecular flexibility index (Phi) is 9.13. The molecule has 0 N–H and O–H groups in total. The van der Waals surface area contributed by atoms with Crippen molar-refractivity contribution in [2.24, 2.45) is 5.41 Å². The van der Waals surface area contributed by atoms with E-state index in [0.717, 1.165) is 43.7 Å². The molecule has 1 heterocycles. The summed E-state index contributed by atoms with van der Waals surface area (Å²) in [7, 11) is 0. The van der Waals surface area contributed by atoms with E-state index in [-0.39, 0.29) is 11.6 Å². The Balaban J connectivity index is 1.80. The van der Waals surface area contributed by atoms with Crippen molar-refractivity contribution < 1.29 is 4.74 Å². The summed E-state index contributed by atoms with van der Waals surface area (Å²) in [5.74, 6) is 0.896. The number of para-hydroxylation sites is 1. The lowest BCUT2D eigenvalue weighted by Crippen LogP contribution is -2.61. The predicted molar refractivity (Wildman–Crippen MR) is 193 cm³/mol. The Labute approximate surface area is 273 Å². The van der Waals surface area contributed by atoms with Crippen LogP contribution in [0, 0.1) is 40.0 Å². The number of aryl methyl sites for hydroxylation is 5. The van der Waals surface area contributed by atoms with Crippen LogP contribution >= 0.6 is 0 Å². The van der Waals surface area contributed by atoms with Crippen LogP contribution in [0.5, 0.6) is 5.75 Å². The Morgan fingerprint density at radius 1 is 0.867 bits per heavy atom. The molecule has 3 aromatic carbocycles. The van der Waals surface area contributed by atoms with Gasteiger partial charge in [-0.05, 0) is 112 Å². The van der Waals surface area contributed by atoms with Gasteiger partial charge in [0.1, 0.15) is 11.9 Å². The fourth-order valence-corrected chi connectivity index (χ4v) is 8.52. The molecule has 2 unspecified atom stereocenters. The zero-order valence-electron chi connectivity index (χ0n) is 29.5. The lowest BCUT2D eigenvalue weighted by Gasteiger charge is -2.49. The Bertz CT molecular complexity index is 1610. The van der Waals surface area contributed by atoms with Crippen molar-refractivity contribution in [3.63, 3.8) is 0 Å². The van der Waals surface area contributed by atoms with Crippen molar-refractivity contribution in [2.75, 3.05) is 18.0 Å². The minimum Gasteiger partial charge on any atom is -0.482 e. The third-order valence-corrected chi connectivity index (χ3v) is 10.1. The quantitative estimate of drug-likeness (QED) is 0.242. The first-order valence-corrected chi connectivity index (χ1v) is 16.8. The molecule has 0 spiro atoms. The van der Waals surface area contributed by atoms with Gasteiger partial charge in [-0.25, -0.2) is 0 Å². The fourth-order valence-electron chi connectivity index (χ4n) is 8.52. The zero-order valence-corrected chi connectivity index (χ0v) is 29.5. The lowest BCUT2D eigenvalue weighted by molar-refractivity contribution is -0.00339. The van der Waals surface area contributed by atoms with Crippen molar-refractivity contribution in [1.82, 2.24) is 4.90 Å². The first kappa shape index (κ1) is 32.7. The monoisotopic (exact) mass is 602 g/mol. The molecule has 3 heteroatoms. The van der Waals surface area contributed by atoms with Crippen LogP contribution in [0.25, 0.3) is 6.08 Å². The standard InChI is InChI=1S/C42H54N2O/c1-12-35-19-14-15-20-37(35)45-42(13-2,27-36-29(4)17-16-18-30(36)5)40-43(38-31(6)23-28(3)24-32(38)7)21-22-44(40)39-33(8)25-41(10,11)26-34(39)9/h12,14-20,23-25,40H,1,13,21-22,26-27H2,2-11H3. The van der Waals surface area contributed by atoms with Crippen molar-refractivity contribution >= 4 is 11.8 Å². The Morgan fingerprint density at radius 3 is 2.09 bits per heavy atom. The van der Waals surface area contributed by atoms with Gasteiger partial charge in [0.15, 0.2) is 5.60 Å². The molecule has 0 saturated carbocycles. The summed E-state index contributed by atoms with van der Waals surface area (Å²) in [5.41, 5.74) is 14.1. The number of benzene rings is 3. The third-order valence-electron chi connectivity index (χ3n) is 10.1. The predicted octanol–water partition coefficient (Wildman–Crippen LogP) is 10.4. The van der Waals surface area contributed by atoms with Gasteiger partial charge < -0.3 is 14.5 Å². The van der Waals surface area contributed by atoms with Crippen molar-refractivity contribution in [2.45, 2.75) is 100 Å². The summed E-state index contributed by atoms with van der Waals surface area (Å²) in [6, 6.07) is 19.8. The first-order valence-electron chi connectivity index (χ1n) is 16.8. The van der Waals surface area contributed by atoms with E-state index in [1.807, 2.05) is 6.08 Å². The van der Waals surface area contributed by atoms with E-state index in [4.69, 9.17) is 4.74 Å². The van der Waals surface area contributed by atoms with E-state index in [0.29, 0.717) is 0 Å². The second-order valence-electron chi connectivity index (χ2n) is 14.4. The molecule has 1 aliphatic heterocycles. The van der Waals surface area contributed by atoms with Crippen LogP contribution in [0.2, 0.25) is 0 Å². The SMILES string of the molecule is C=Cc1ccccc1OC(CC)(Cc1c(C)cccc1C)C1N(C2=C(C)CC(C)(C)C=C2C)CCN1c1c(C)cc(C)cc1C. The maximum Gasteiger partial charge on any atom is 0.151 e. The van der Waals surface area contributed by atoms with Gasteiger partial charge in [-0.1, -0.05) is 93.6 Å². The Morgan fingerprint density at radius 2 is 1.49 bits per heavy atom. The number of rotatable bonds is 9. The van der Waals surface area contributed by atoms with E-state index >= 15 is 0 Å². The number of anilines is 1. The highest BCUT2D eigenvalue weighted by molar-refractivity contribution is 5.63. The van der Waals surface area contributed by atoms with Gasteiger partial charge in [-0.2, -0.15) is 0 Å². The Hall–Kier alpha value is -3.72. The molecule has 0 radical (unpaired) electrons. The van der Waals surface area contributed by atoms with Crippen LogP contribution in [0.15, 0.2) is 84.1 Å². The lowest BCUT2D eigenvalue weighted by atomic mass is 9.78. The molecule has 0 bridgehead atoms. The van der Waals surface area contributed by atoms with Gasteiger partial charge in [0.2, 0.25) is 0 Å². The summed E-state index contributed by atoms with van der Waals surface area (Å²) < 4.78 is 7.56. The number of ether oxygens (including phenoxy) is 1. The molecule has 0 aromatic heterocycles. The highest BCUT2D eigenvalue weighted by atomic mass is 16.5. The number of allylic oxidation sites excluding steroid dienone is 3. The van der Waals surface area contributed by atoms with Gasteiger partial charge in [-0.15, -0.1) is 0 Å². The largest absolute Gasteiger partial charge is 0.482 e. The second kappa shape index (κ2) is 12.6. The summed E-state index contributed by atoms with van der Waals surface area (Å²) in [5, 5.41) is 0. The van der Waals surface area contributed by atoms with Crippen LogP contribution in [0.1, 0.15) is 86.4 Å². The highest BCUT2D eigenvalue weighted by Crippen LogP contribution is 2.46. The first-order chi connectivity index (χ1) is 21.3. The molecular formula is C42H54N2O. The molecule has 2 atom stereocenters. The van der Waals surface area contributed by atoms with Crippen molar-refractivity contribution in [1.29, 1.82) is 0 Å². The van der Waals surface area contributed by atoms with E-state index in [1.54, 1.807) is 0 Å². The van der Waals surface area contributed by atoms with Crippen LogP contribution in [0.3, 0.4) is 0 Å². The van der Waals surface area contributed by atoms with Crippen LogP contribution in [-0.2, 0) is 6.42 Å². The molecular weight excluding hydrogens is 548 g/mol. The van der Waals surface area contributed by atoms with Crippen molar-refractivity contribution in [3.05, 3.63) is 123 Å². The maximum atomic E-state index is 7.56. The van der Waals surface area contributed by atoms with Crippen molar-refractivity contribution in [3.8, 4) is 5.75 Å². The van der Waals surface area contributed by atoms with Gasteiger partial charge in [0.25, 0.3) is 0 Å². The minimum atomic E-state index is -0.573. The van der Waals surface area contributed by atoms with Crippen LogP contribution < -0.4 is 9.64 Å². The zero-order chi connectivity index (χ0) is 32.7. The molecule has 1 saturated heterocycles. The minimum absolute atomic E-state index is 0.0333. The van der Waals surface area contributed by atoms with E-state index in [1.165, 1.54) is 55.9 Å². The van der Waals surface area contributed by atoms with Crippen LogP contribution in [-0.4, -0.2) is 29.8 Å². The molecule has 3 aromatic rings. The number of hydrogen-bond acceptors (Lipinski definition) is 3. The summed E-state index contributed by atoms with van der Waals surface area (Å²) in [4.78, 5) is 5.40. The average Bonchev–Trinajstić information content (AvgIpc) is 3.37. The fraction of sp³-hybridized carbons (Fsp3) is 0.429. The second-order valence-corrected chi connectivity index (χ2v) is 14.4. The molecule has 2 aliphatic rings. The average molecular weight is 603 g/mol. The van der Waals surface area contributed by atoms with E-state index in [9.17, 15) is 0 Å². The molecule has 1 aliphatic carbocycles. The smallest absolute Gasteiger partial charge is 0.151 e. The third kappa shape index (κ3) is 6.24. The van der Waals surface area contributed by atoms with Gasteiger partial charge in [0.05, 0.1) is 0 Å². The summed E-state index contributed by atoms with van der Waals surface area (Å²) >= 11 is 0. The topological polar surface area (TPSA) is 15.7 Å². The number of nitrogens with zero attached hydrogens (tertiary/aromatic N) is 2. The van der Waals surface area contributed by atoms with Crippen LogP contribution in [0.4, 0.5) is 5.69 Å². The molecule has 5 rings (SSSR count). The van der Waals surface area contributed by atoms with Gasteiger partial charge in [-0.3, -0.25) is 0 Å². The normalized spacial score (nSPS) is 19.4. The number of hydrogen-bond donors (Lipinski definition) is 0. The molecule has 1 fully saturated rings. The summed E-state index contributed by atoms with van der Waals surface area (Å²) in [6.07, 6.45) is 7.08. The van der Waals surface area contributed by atoms with E-state index < -0.39 is 5.60 Å². The summed E-state index contributed by atoms with van der Waals surface area (Å²) in [6.45, 7) is 29.0. The highest BCUT2D eigenvalue weighted by Gasteiger charge is 2.52. The van der Waals surface area contributed by atoms with Gasteiger partial charge >= 0.3 is 0 Å². The molecule has 3 nitrogen and oxygen atoms in total. The van der Waals surface area contributed by atoms with Gasteiger partial charge in [0, 0.05) is 36.5 Å². The maximum absolute atomic E-state index is 7.56. The molecule has 45 heavy (non-hydrogen) atoms. The molecule has 0 amide bonds.